The Hall–Kier alpha value is -2.28. The van der Waals surface area contributed by atoms with Crippen molar-refractivity contribution in [2.45, 2.75) is 13.5 Å². The summed E-state index contributed by atoms with van der Waals surface area (Å²) >= 11 is 4.94. The molecule has 0 saturated carbocycles. The summed E-state index contributed by atoms with van der Waals surface area (Å²) in [6.45, 7) is 2.20. The molecule has 2 aromatic rings. The molecule has 1 aromatic heterocycles. The van der Waals surface area contributed by atoms with Crippen molar-refractivity contribution in [2.24, 2.45) is 4.99 Å². The number of aromatic amines is 1. The molecule has 0 spiro atoms. The van der Waals surface area contributed by atoms with Crippen LogP contribution < -0.4 is 5.56 Å². The third kappa shape index (κ3) is 2.83. The molecule has 0 amide bonds. The number of aliphatic imine (C=N–C) groups is 1. The van der Waals surface area contributed by atoms with E-state index in [0.717, 1.165) is 0 Å². The van der Waals surface area contributed by atoms with E-state index in [2.05, 4.69) is 9.98 Å². The van der Waals surface area contributed by atoms with Crippen LogP contribution in [0, 0.1) is 10.6 Å². The SMILES string of the molecule is CCn1c(O)c(C=Nc2ccc(F)cc2)c(=O)[nH]c1=S. The lowest BCUT2D eigenvalue weighted by Crippen LogP contribution is -2.18. The molecule has 0 aliphatic rings. The maximum Gasteiger partial charge on any atom is 0.264 e. The van der Waals surface area contributed by atoms with Gasteiger partial charge in [0.05, 0.1) is 5.69 Å². The van der Waals surface area contributed by atoms with Crippen molar-refractivity contribution in [3.8, 4) is 5.88 Å². The number of halogens is 1. The summed E-state index contributed by atoms with van der Waals surface area (Å²) in [6, 6.07) is 5.45. The van der Waals surface area contributed by atoms with Crippen LogP contribution in [0.5, 0.6) is 5.88 Å². The van der Waals surface area contributed by atoms with Crippen molar-refractivity contribution >= 4 is 24.1 Å². The number of aromatic nitrogens is 2. The van der Waals surface area contributed by atoms with Gasteiger partial charge in [0.25, 0.3) is 5.56 Å². The van der Waals surface area contributed by atoms with Crippen molar-refractivity contribution in [1.82, 2.24) is 9.55 Å². The Morgan fingerprint density at radius 1 is 1.45 bits per heavy atom. The minimum absolute atomic E-state index is 0.00442. The van der Waals surface area contributed by atoms with Crippen LogP contribution in [-0.2, 0) is 6.54 Å². The molecular weight excluding hydrogens is 281 g/mol. The van der Waals surface area contributed by atoms with E-state index in [1.165, 1.54) is 35.0 Å². The van der Waals surface area contributed by atoms with Crippen LogP contribution >= 0.6 is 12.2 Å². The van der Waals surface area contributed by atoms with Crippen molar-refractivity contribution in [3.05, 3.63) is 50.8 Å². The molecule has 0 saturated heterocycles. The molecule has 1 heterocycles. The van der Waals surface area contributed by atoms with Crippen LogP contribution in [0.25, 0.3) is 0 Å². The van der Waals surface area contributed by atoms with E-state index in [9.17, 15) is 14.3 Å². The average molecular weight is 293 g/mol. The highest BCUT2D eigenvalue weighted by atomic mass is 32.1. The van der Waals surface area contributed by atoms with E-state index in [-0.39, 0.29) is 22.0 Å². The van der Waals surface area contributed by atoms with Crippen molar-refractivity contribution in [1.29, 1.82) is 0 Å². The Bertz CT molecular complexity index is 763. The second-order valence-electron chi connectivity index (χ2n) is 3.98. The van der Waals surface area contributed by atoms with Gasteiger partial charge in [-0.1, -0.05) is 0 Å². The fraction of sp³-hybridized carbons (Fsp3) is 0.154. The van der Waals surface area contributed by atoms with Crippen LogP contribution in [-0.4, -0.2) is 20.9 Å². The summed E-state index contributed by atoms with van der Waals surface area (Å²) in [5.41, 5.74) is -0.0523. The van der Waals surface area contributed by atoms with Gasteiger partial charge in [0, 0.05) is 12.8 Å². The van der Waals surface area contributed by atoms with E-state index in [4.69, 9.17) is 12.2 Å². The Kier molecular flexibility index (Phi) is 4.09. The fourth-order valence-electron chi connectivity index (χ4n) is 1.65. The van der Waals surface area contributed by atoms with Gasteiger partial charge in [-0.2, -0.15) is 0 Å². The molecule has 5 nitrogen and oxygen atoms in total. The minimum atomic E-state index is -0.525. The first kappa shape index (κ1) is 14.1. The van der Waals surface area contributed by atoms with Gasteiger partial charge in [0.2, 0.25) is 5.88 Å². The topological polar surface area (TPSA) is 70.4 Å². The summed E-state index contributed by atoms with van der Waals surface area (Å²) < 4.78 is 14.3. The first-order valence-electron chi connectivity index (χ1n) is 5.88. The maximum absolute atomic E-state index is 12.8. The molecule has 104 valence electrons. The van der Waals surface area contributed by atoms with E-state index >= 15 is 0 Å². The Labute approximate surface area is 119 Å². The Morgan fingerprint density at radius 2 is 2.10 bits per heavy atom. The predicted octanol–water partition coefficient (Wildman–Crippen LogP) is 2.52. The maximum atomic E-state index is 12.8. The Morgan fingerprint density at radius 3 is 2.70 bits per heavy atom. The first-order valence-corrected chi connectivity index (χ1v) is 6.29. The monoisotopic (exact) mass is 293 g/mol. The number of nitrogens with zero attached hydrogens (tertiary/aromatic N) is 2. The summed E-state index contributed by atoms with van der Waals surface area (Å²) in [6.07, 6.45) is 1.22. The second kappa shape index (κ2) is 5.79. The normalized spacial score (nSPS) is 11.1. The highest BCUT2D eigenvalue weighted by Crippen LogP contribution is 2.15. The number of benzene rings is 1. The highest BCUT2D eigenvalue weighted by molar-refractivity contribution is 7.71. The highest BCUT2D eigenvalue weighted by Gasteiger charge is 2.09. The molecule has 0 unspecified atom stereocenters. The zero-order valence-electron chi connectivity index (χ0n) is 10.6. The summed E-state index contributed by atoms with van der Waals surface area (Å²) in [7, 11) is 0. The first-order chi connectivity index (χ1) is 9.52. The van der Waals surface area contributed by atoms with Gasteiger partial charge in [-0.25, -0.2) is 4.39 Å². The van der Waals surface area contributed by atoms with Gasteiger partial charge in [-0.3, -0.25) is 19.3 Å². The van der Waals surface area contributed by atoms with Crippen LogP contribution in [0.1, 0.15) is 12.5 Å². The van der Waals surface area contributed by atoms with E-state index in [1.807, 2.05) is 0 Å². The minimum Gasteiger partial charge on any atom is -0.494 e. The van der Waals surface area contributed by atoms with Gasteiger partial charge < -0.3 is 5.11 Å². The molecule has 0 bridgehead atoms. The lowest BCUT2D eigenvalue weighted by Gasteiger charge is -2.07. The van der Waals surface area contributed by atoms with E-state index in [1.54, 1.807) is 6.92 Å². The largest absolute Gasteiger partial charge is 0.494 e. The predicted molar refractivity (Wildman–Crippen MR) is 76.9 cm³/mol. The molecular formula is C13H12FN3O2S. The van der Waals surface area contributed by atoms with Crippen LogP contribution in [0.2, 0.25) is 0 Å². The lowest BCUT2D eigenvalue weighted by molar-refractivity contribution is 0.408. The fourth-order valence-corrected chi connectivity index (χ4v) is 1.96. The van der Waals surface area contributed by atoms with Gasteiger partial charge in [0.15, 0.2) is 4.77 Å². The van der Waals surface area contributed by atoms with Crippen LogP contribution in [0.15, 0.2) is 34.1 Å². The average Bonchev–Trinajstić information content (AvgIpc) is 2.40. The van der Waals surface area contributed by atoms with Crippen molar-refractivity contribution in [3.63, 3.8) is 0 Å². The number of hydrogen-bond acceptors (Lipinski definition) is 4. The molecule has 0 aliphatic carbocycles. The summed E-state index contributed by atoms with van der Waals surface area (Å²) in [4.78, 5) is 18.2. The number of aromatic hydroxyl groups is 1. The molecule has 2 N–H and O–H groups in total. The molecule has 2 rings (SSSR count). The number of rotatable bonds is 3. The van der Waals surface area contributed by atoms with E-state index < -0.39 is 5.56 Å². The Balaban J connectivity index is 2.46. The molecule has 0 atom stereocenters. The van der Waals surface area contributed by atoms with Crippen LogP contribution in [0.4, 0.5) is 10.1 Å². The smallest absolute Gasteiger partial charge is 0.264 e. The molecule has 0 fully saturated rings. The van der Waals surface area contributed by atoms with Gasteiger partial charge in [-0.05, 0) is 43.4 Å². The zero-order valence-corrected chi connectivity index (χ0v) is 11.4. The molecule has 20 heavy (non-hydrogen) atoms. The van der Waals surface area contributed by atoms with Gasteiger partial charge >= 0.3 is 0 Å². The standard InChI is InChI=1S/C13H12FN3O2S/c1-2-17-12(19)10(11(18)16-13(17)20)7-15-9-5-3-8(14)4-6-9/h3-7,19H,2H2,1H3,(H,16,18,20). The van der Waals surface area contributed by atoms with Crippen molar-refractivity contribution < 1.29 is 9.50 Å². The van der Waals surface area contributed by atoms with Crippen molar-refractivity contribution in [2.75, 3.05) is 0 Å². The number of nitrogens with one attached hydrogen (secondary N) is 1. The quantitative estimate of drug-likeness (QED) is 0.675. The van der Waals surface area contributed by atoms with E-state index in [0.29, 0.717) is 12.2 Å². The number of hydrogen-bond donors (Lipinski definition) is 2. The van der Waals surface area contributed by atoms with Gasteiger partial charge in [0.1, 0.15) is 11.4 Å². The molecule has 0 radical (unpaired) electrons. The lowest BCUT2D eigenvalue weighted by atomic mass is 10.3. The summed E-state index contributed by atoms with van der Waals surface area (Å²) in [5.74, 6) is -0.615. The molecule has 0 aliphatic heterocycles. The molecule has 7 heteroatoms. The third-order valence-electron chi connectivity index (χ3n) is 2.69. The summed E-state index contributed by atoms with van der Waals surface area (Å²) in [5, 5.41) is 10.00. The number of H-pyrrole nitrogens is 1. The van der Waals surface area contributed by atoms with Gasteiger partial charge in [-0.15, -0.1) is 0 Å². The second-order valence-corrected chi connectivity index (χ2v) is 4.36. The van der Waals surface area contributed by atoms with Crippen LogP contribution in [0.3, 0.4) is 0 Å². The third-order valence-corrected chi connectivity index (χ3v) is 3.01. The molecule has 1 aromatic carbocycles. The zero-order chi connectivity index (χ0) is 14.7.